The van der Waals surface area contributed by atoms with Gasteiger partial charge in [0.2, 0.25) is 10.0 Å². The van der Waals surface area contributed by atoms with Gasteiger partial charge in [-0.3, -0.25) is 0 Å². The van der Waals surface area contributed by atoms with Crippen LogP contribution < -0.4 is 0 Å². The Kier molecular flexibility index (Phi) is 5.62. The van der Waals surface area contributed by atoms with Crippen molar-refractivity contribution in [2.45, 2.75) is 18.4 Å². The summed E-state index contributed by atoms with van der Waals surface area (Å²) in [5.74, 6) is 0.0120. The fourth-order valence-corrected chi connectivity index (χ4v) is 3.33. The molecule has 0 atom stereocenters. The van der Waals surface area contributed by atoms with E-state index in [1.165, 1.54) is 38.4 Å². The van der Waals surface area contributed by atoms with Gasteiger partial charge >= 0.3 is 5.97 Å². The summed E-state index contributed by atoms with van der Waals surface area (Å²) in [6, 6.07) is 15.1. The number of nitrogens with zero attached hydrogens (tertiary/aromatic N) is 2. The lowest BCUT2D eigenvalue weighted by Crippen LogP contribution is -2.22. The highest BCUT2D eigenvalue weighted by atomic mass is 32.2. The quantitative estimate of drug-likeness (QED) is 0.590. The van der Waals surface area contributed by atoms with Gasteiger partial charge < -0.3 is 9.26 Å². The zero-order chi connectivity index (χ0) is 20.3. The molecule has 0 saturated heterocycles. The molecule has 8 heteroatoms. The van der Waals surface area contributed by atoms with E-state index in [0.29, 0.717) is 11.5 Å². The lowest BCUT2D eigenvalue weighted by Gasteiger charge is -2.11. The van der Waals surface area contributed by atoms with Crippen molar-refractivity contribution in [3.63, 3.8) is 0 Å². The van der Waals surface area contributed by atoms with Crippen molar-refractivity contribution in [3.05, 3.63) is 71.4 Å². The molecule has 146 valence electrons. The molecule has 0 fully saturated rings. The maximum atomic E-state index is 12.2. The van der Waals surface area contributed by atoms with Gasteiger partial charge in [0.1, 0.15) is 12.3 Å². The molecule has 1 heterocycles. The molecule has 2 aromatic carbocycles. The molecule has 28 heavy (non-hydrogen) atoms. The van der Waals surface area contributed by atoms with Crippen LogP contribution in [-0.2, 0) is 21.4 Å². The summed E-state index contributed by atoms with van der Waals surface area (Å²) in [7, 11) is -0.653. The lowest BCUT2D eigenvalue weighted by atomic mass is 10.1. The van der Waals surface area contributed by atoms with Crippen LogP contribution in [0, 0.1) is 6.92 Å². The molecule has 0 amide bonds. The van der Waals surface area contributed by atoms with Crippen molar-refractivity contribution in [3.8, 4) is 11.3 Å². The molecule has 0 N–H and O–H groups in total. The topological polar surface area (TPSA) is 89.7 Å². The van der Waals surface area contributed by atoms with Crippen molar-refractivity contribution in [2.24, 2.45) is 0 Å². The summed E-state index contributed by atoms with van der Waals surface area (Å²) in [5.41, 5.74) is 2.76. The first-order valence-electron chi connectivity index (χ1n) is 8.50. The molecule has 0 bridgehead atoms. The Labute approximate surface area is 163 Å². The Bertz CT molecular complexity index is 1070. The van der Waals surface area contributed by atoms with E-state index >= 15 is 0 Å². The lowest BCUT2D eigenvalue weighted by molar-refractivity contribution is 0.0464. The summed E-state index contributed by atoms with van der Waals surface area (Å²) >= 11 is 0. The van der Waals surface area contributed by atoms with E-state index in [0.717, 1.165) is 15.4 Å². The Hall–Kier alpha value is -2.97. The van der Waals surface area contributed by atoms with Crippen molar-refractivity contribution < 1.29 is 22.5 Å². The molecule has 0 aliphatic rings. The Morgan fingerprint density at radius 1 is 1.07 bits per heavy atom. The van der Waals surface area contributed by atoms with Gasteiger partial charge in [0, 0.05) is 25.7 Å². The number of carbonyl (C=O) groups is 1. The number of aryl methyl sites for hydroxylation is 1. The number of carbonyl (C=O) groups excluding carboxylic acids is 1. The second kappa shape index (κ2) is 7.95. The number of esters is 1. The van der Waals surface area contributed by atoms with Gasteiger partial charge in [0.15, 0.2) is 5.76 Å². The van der Waals surface area contributed by atoms with Crippen LogP contribution in [0.25, 0.3) is 11.3 Å². The number of aromatic nitrogens is 1. The second-order valence-electron chi connectivity index (χ2n) is 6.44. The minimum absolute atomic E-state index is 0.0497. The Morgan fingerprint density at radius 2 is 1.71 bits per heavy atom. The number of ether oxygens (including phenoxy) is 1. The predicted molar refractivity (Wildman–Crippen MR) is 103 cm³/mol. The summed E-state index contributed by atoms with van der Waals surface area (Å²) in [5, 5.41) is 3.91. The molecular weight excluding hydrogens is 380 g/mol. The van der Waals surface area contributed by atoms with E-state index in [4.69, 9.17) is 9.26 Å². The zero-order valence-electron chi connectivity index (χ0n) is 15.7. The van der Waals surface area contributed by atoms with Crippen LogP contribution in [0.1, 0.15) is 21.6 Å². The first kappa shape index (κ1) is 19.8. The summed E-state index contributed by atoms with van der Waals surface area (Å²) < 4.78 is 35.7. The molecule has 0 aliphatic carbocycles. The molecule has 0 aliphatic heterocycles. The minimum atomic E-state index is -3.54. The third-order valence-corrected chi connectivity index (χ3v) is 5.94. The van der Waals surface area contributed by atoms with Gasteiger partial charge in [-0.05, 0) is 31.2 Å². The van der Waals surface area contributed by atoms with E-state index in [2.05, 4.69) is 5.16 Å². The molecule has 0 spiro atoms. The minimum Gasteiger partial charge on any atom is -0.455 e. The summed E-state index contributed by atoms with van der Waals surface area (Å²) in [4.78, 5) is 12.3. The molecule has 3 rings (SSSR count). The SMILES string of the molecule is Cc1ccc(-c2cc(COC(=O)c3ccc(S(=O)(=O)N(C)C)cc3)no2)cc1. The van der Waals surface area contributed by atoms with Crippen LogP contribution in [0.5, 0.6) is 0 Å². The van der Waals surface area contributed by atoms with Gasteiger partial charge in [-0.25, -0.2) is 17.5 Å². The number of sulfonamides is 1. The predicted octanol–water partition coefficient (Wildman–Crippen LogP) is 3.26. The average molecular weight is 400 g/mol. The van der Waals surface area contributed by atoms with Gasteiger partial charge in [0.25, 0.3) is 0 Å². The smallest absolute Gasteiger partial charge is 0.338 e. The molecule has 3 aromatic rings. The van der Waals surface area contributed by atoms with Crippen LogP contribution in [-0.4, -0.2) is 37.9 Å². The van der Waals surface area contributed by atoms with Gasteiger partial charge in [-0.1, -0.05) is 35.0 Å². The normalized spacial score (nSPS) is 11.6. The van der Waals surface area contributed by atoms with Crippen LogP contribution in [0.15, 0.2) is 64.0 Å². The van der Waals surface area contributed by atoms with Crippen molar-refractivity contribution in [2.75, 3.05) is 14.1 Å². The maximum absolute atomic E-state index is 12.2. The molecular formula is C20H20N2O5S. The largest absolute Gasteiger partial charge is 0.455 e. The van der Waals surface area contributed by atoms with Crippen molar-refractivity contribution in [1.82, 2.24) is 9.46 Å². The third kappa shape index (κ3) is 4.29. The summed E-state index contributed by atoms with van der Waals surface area (Å²) in [6.07, 6.45) is 0. The standard InChI is InChI=1S/C20H20N2O5S/c1-14-4-6-15(7-5-14)19-12-17(21-27-19)13-26-20(23)16-8-10-18(11-9-16)28(24,25)22(2)3/h4-12H,13H2,1-3H3. The number of rotatable bonds is 6. The van der Waals surface area contributed by atoms with Crippen LogP contribution in [0.3, 0.4) is 0 Å². The average Bonchev–Trinajstić information content (AvgIpc) is 3.15. The number of hydrogen-bond donors (Lipinski definition) is 0. The summed E-state index contributed by atoms with van der Waals surface area (Å²) in [6.45, 7) is 1.95. The highest BCUT2D eigenvalue weighted by Gasteiger charge is 2.18. The number of benzene rings is 2. The van der Waals surface area contributed by atoms with E-state index in [-0.39, 0.29) is 17.1 Å². The fourth-order valence-electron chi connectivity index (χ4n) is 2.43. The van der Waals surface area contributed by atoms with Gasteiger partial charge in [0.05, 0.1) is 10.5 Å². The third-order valence-electron chi connectivity index (χ3n) is 4.11. The van der Waals surface area contributed by atoms with Crippen LogP contribution in [0.2, 0.25) is 0 Å². The first-order valence-corrected chi connectivity index (χ1v) is 9.94. The van der Waals surface area contributed by atoms with E-state index in [1.807, 2.05) is 31.2 Å². The van der Waals surface area contributed by atoms with Crippen molar-refractivity contribution in [1.29, 1.82) is 0 Å². The van der Waals surface area contributed by atoms with Crippen molar-refractivity contribution >= 4 is 16.0 Å². The molecule has 7 nitrogen and oxygen atoms in total. The second-order valence-corrected chi connectivity index (χ2v) is 8.59. The van der Waals surface area contributed by atoms with E-state index < -0.39 is 16.0 Å². The first-order chi connectivity index (χ1) is 13.3. The van der Waals surface area contributed by atoms with Gasteiger partial charge in [-0.15, -0.1) is 0 Å². The monoisotopic (exact) mass is 400 g/mol. The Morgan fingerprint density at radius 3 is 2.32 bits per heavy atom. The van der Waals surface area contributed by atoms with Crippen LogP contribution in [0.4, 0.5) is 0 Å². The van der Waals surface area contributed by atoms with E-state index in [1.54, 1.807) is 6.07 Å². The highest BCUT2D eigenvalue weighted by molar-refractivity contribution is 7.89. The highest BCUT2D eigenvalue weighted by Crippen LogP contribution is 2.21. The van der Waals surface area contributed by atoms with E-state index in [9.17, 15) is 13.2 Å². The molecule has 0 unspecified atom stereocenters. The molecule has 0 radical (unpaired) electrons. The maximum Gasteiger partial charge on any atom is 0.338 e. The molecule has 1 aromatic heterocycles. The molecule has 0 saturated carbocycles. The van der Waals surface area contributed by atoms with Crippen LogP contribution >= 0.6 is 0 Å². The number of hydrogen-bond acceptors (Lipinski definition) is 6. The van der Waals surface area contributed by atoms with Gasteiger partial charge in [-0.2, -0.15) is 0 Å². The fraction of sp³-hybridized carbons (Fsp3) is 0.200. The zero-order valence-corrected chi connectivity index (χ0v) is 16.6. The Balaban J connectivity index is 1.64.